The first-order valence-corrected chi connectivity index (χ1v) is 9.68. The second kappa shape index (κ2) is 8.83. The van der Waals surface area contributed by atoms with Crippen LogP contribution in [0.1, 0.15) is 41.6 Å². The lowest BCUT2D eigenvalue weighted by Gasteiger charge is -2.36. The Morgan fingerprint density at radius 2 is 2.12 bits per heavy atom. The van der Waals surface area contributed by atoms with Gasteiger partial charge in [0.15, 0.2) is 0 Å². The van der Waals surface area contributed by atoms with E-state index < -0.39 is 6.43 Å². The van der Waals surface area contributed by atoms with Gasteiger partial charge < -0.3 is 10.5 Å². The van der Waals surface area contributed by atoms with Crippen LogP contribution in [0.5, 0.6) is 5.88 Å². The van der Waals surface area contributed by atoms with E-state index in [2.05, 4.69) is 14.9 Å². The van der Waals surface area contributed by atoms with Crippen LogP contribution in [0.4, 0.5) is 8.78 Å². The molecule has 3 heterocycles. The Morgan fingerprint density at radius 3 is 2.77 bits per heavy atom. The van der Waals surface area contributed by atoms with Crippen LogP contribution in [0.3, 0.4) is 0 Å². The highest BCUT2D eigenvalue weighted by Crippen LogP contribution is 2.34. The molecule has 1 unspecified atom stereocenters. The van der Waals surface area contributed by atoms with E-state index in [0.29, 0.717) is 29.8 Å². The van der Waals surface area contributed by atoms with Crippen LogP contribution in [-0.2, 0) is 0 Å². The number of rotatable bonds is 7. The van der Waals surface area contributed by atoms with Crippen molar-refractivity contribution in [3.8, 4) is 5.88 Å². The van der Waals surface area contributed by atoms with E-state index in [9.17, 15) is 8.78 Å². The van der Waals surface area contributed by atoms with Crippen LogP contribution in [0, 0.1) is 12.8 Å². The minimum absolute atomic E-state index is 0.124. The van der Waals surface area contributed by atoms with Crippen molar-refractivity contribution in [2.24, 2.45) is 11.7 Å². The first-order valence-electron chi connectivity index (χ1n) is 8.80. The fourth-order valence-electron chi connectivity index (χ4n) is 3.33. The average molecular weight is 382 g/mol. The van der Waals surface area contributed by atoms with E-state index in [4.69, 9.17) is 10.5 Å². The summed E-state index contributed by atoms with van der Waals surface area (Å²) in [7, 11) is 0. The zero-order valence-corrected chi connectivity index (χ0v) is 15.6. The number of ether oxygens (including phenoxy) is 1. The minimum atomic E-state index is -2.56. The Hall–Kier alpha value is -1.64. The third-order valence-corrected chi connectivity index (χ3v) is 5.72. The summed E-state index contributed by atoms with van der Waals surface area (Å²) in [6.07, 6.45) is -0.658. The van der Waals surface area contributed by atoms with Crippen LogP contribution < -0.4 is 10.5 Å². The highest BCUT2D eigenvalue weighted by atomic mass is 32.1. The molecule has 8 heteroatoms. The number of nitrogens with two attached hydrogens (primary N) is 1. The van der Waals surface area contributed by atoms with E-state index in [-0.39, 0.29) is 11.7 Å². The molecular formula is C18H24F2N4OS. The lowest BCUT2D eigenvalue weighted by atomic mass is 9.96. The molecule has 2 aromatic rings. The zero-order valence-electron chi connectivity index (χ0n) is 14.8. The molecule has 0 spiro atoms. The molecule has 0 amide bonds. The monoisotopic (exact) mass is 382 g/mol. The number of aromatic nitrogens is 2. The van der Waals surface area contributed by atoms with E-state index in [1.165, 1.54) is 16.8 Å². The van der Waals surface area contributed by atoms with Gasteiger partial charge in [-0.3, -0.25) is 4.90 Å². The quantitative estimate of drug-likeness (QED) is 0.793. The number of piperidine rings is 1. The number of hydrogen-bond donors (Lipinski definition) is 1. The molecule has 26 heavy (non-hydrogen) atoms. The third-order valence-electron chi connectivity index (χ3n) is 4.78. The Kier molecular flexibility index (Phi) is 6.50. The summed E-state index contributed by atoms with van der Waals surface area (Å²) in [4.78, 5) is 11.0. The molecule has 0 radical (unpaired) electrons. The fourth-order valence-corrected chi connectivity index (χ4v) is 4.28. The molecule has 1 saturated heterocycles. The average Bonchev–Trinajstić information content (AvgIpc) is 3.11. The first-order chi connectivity index (χ1) is 12.6. The molecule has 0 bridgehead atoms. The maximum atomic E-state index is 13.1. The number of alkyl halides is 2. The summed E-state index contributed by atoms with van der Waals surface area (Å²) in [5, 5.41) is 0. The molecule has 5 nitrogen and oxygen atoms in total. The number of thiazole rings is 1. The highest BCUT2D eigenvalue weighted by Gasteiger charge is 2.30. The molecule has 0 aromatic carbocycles. The SMILES string of the molecule is Cc1cccc(OCC2CCN(C(CN)c3scnc3C(F)F)CC2)n1. The Morgan fingerprint density at radius 1 is 1.35 bits per heavy atom. The van der Waals surface area contributed by atoms with Crippen molar-refractivity contribution in [1.82, 2.24) is 14.9 Å². The maximum absolute atomic E-state index is 13.1. The van der Waals surface area contributed by atoms with E-state index >= 15 is 0 Å². The van der Waals surface area contributed by atoms with Crippen molar-refractivity contribution >= 4 is 11.3 Å². The van der Waals surface area contributed by atoms with Crippen molar-refractivity contribution in [1.29, 1.82) is 0 Å². The van der Waals surface area contributed by atoms with Gasteiger partial charge in [-0.25, -0.2) is 18.7 Å². The normalized spacial score (nSPS) is 17.6. The van der Waals surface area contributed by atoms with Crippen molar-refractivity contribution in [2.45, 2.75) is 32.2 Å². The molecule has 1 fully saturated rings. The number of hydrogen-bond acceptors (Lipinski definition) is 6. The molecule has 3 rings (SSSR count). The summed E-state index contributed by atoms with van der Waals surface area (Å²) in [5.74, 6) is 1.08. The predicted octanol–water partition coefficient (Wildman–Crippen LogP) is 3.57. The van der Waals surface area contributed by atoms with Gasteiger partial charge in [0.25, 0.3) is 6.43 Å². The van der Waals surface area contributed by atoms with Crippen LogP contribution in [0.2, 0.25) is 0 Å². The predicted molar refractivity (Wildman–Crippen MR) is 97.6 cm³/mol. The number of halogens is 2. The molecule has 2 aromatic heterocycles. The van der Waals surface area contributed by atoms with Gasteiger partial charge in [0.2, 0.25) is 5.88 Å². The molecular weight excluding hydrogens is 358 g/mol. The maximum Gasteiger partial charge on any atom is 0.281 e. The topological polar surface area (TPSA) is 64.3 Å². The second-order valence-corrected chi connectivity index (χ2v) is 7.45. The Bertz CT molecular complexity index is 704. The van der Waals surface area contributed by atoms with Gasteiger partial charge in [-0.2, -0.15) is 0 Å². The van der Waals surface area contributed by atoms with Crippen molar-refractivity contribution < 1.29 is 13.5 Å². The standard InChI is InChI=1S/C18H24F2N4OS/c1-12-3-2-4-15(23-12)25-10-13-5-7-24(8-6-13)14(9-21)17-16(18(19)20)22-11-26-17/h2-4,11,13-14,18H,5-10,21H2,1H3. The summed E-state index contributed by atoms with van der Waals surface area (Å²) >= 11 is 1.27. The zero-order chi connectivity index (χ0) is 18.5. The van der Waals surface area contributed by atoms with Crippen LogP contribution >= 0.6 is 11.3 Å². The van der Waals surface area contributed by atoms with Crippen molar-refractivity contribution in [3.63, 3.8) is 0 Å². The number of likely N-dealkylation sites (tertiary alicyclic amines) is 1. The van der Waals surface area contributed by atoms with Crippen LogP contribution in [0.25, 0.3) is 0 Å². The van der Waals surface area contributed by atoms with Gasteiger partial charge in [0.05, 0.1) is 23.0 Å². The fraction of sp³-hybridized carbons (Fsp3) is 0.556. The van der Waals surface area contributed by atoms with Crippen LogP contribution in [-0.4, -0.2) is 41.1 Å². The summed E-state index contributed by atoms with van der Waals surface area (Å²) in [5.41, 5.74) is 8.20. The van der Waals surface area contributed by atoms with Gasteiger partial charge in [0, 0.05) is 18.3 Å². The summed E-state index contributed by atoms with van der Waals surface area (Å²) in [6.45, 7) is 4.51. The number of nitrogens with zero attached hydrogens (tertiary/aromatic N) is 3. The molecule has 1 atom stereocenters. The number of aryl methyl sites for hydroxylation is 1. The first kappa shape index (κ1) is 19.1. The molecule has 1 aliphatic heterocycles. The van der Waals surface area contributed by atoms with Gasteiger partial charge in [-0.1, -0.05) is 6.07 Å². The Balaban J connectivity index is 1.54. The van der Waals surface area contributed by atoms with E-state index in [1.807, 2.05) is 25.1 Å². The Labute approximate surface area is 156 Å². The molecule has 2 N–H and O–H groups in total. The molecule has 0 aliphatic carbocycles. The van der Waals surface area contributed by atoms with Gasteiger partial charge >= 0.3 is 0 Å². The molecule has 142 valence electrons. The third kappa shape index (κ3) is 4.55. The van der Waals surface area contributed by atoms with Crippen molar-refractivity contribution in [2.75, 3.05) is 26.2 Å². The van der Waals surface area contributed by atoms with E-state index in [0.717, 1.165) is 31.6 Å². The lowest BCUT2D eigenvalue weighted by Crippen LogP contribution is -2.41. The van der Waals surface area contributed by atoms with Gasteiger partial charge in [-0.05, 0) is 44.8 Å². The molecule has 1 aliphatic rings. The smallest absolute Gasteiger partial charge is 0.281 e. The lowest BCUT2D eigenvalue weighted by molar-refractivity contribution is 0.104. The largest absolute Gasteiger partial charge is 0.477 e. The minimum Gasteiger partial charge on any atom is -0.477 e. The van der Waals surface area contributed by atoms with Gasteiger partial charge in [0.1, 0.15) is 5.69 Å². The van der Waals surface area contributed by atoms with Crippen molar-refractivity contribution in [3.05, 3.63) is 40.0 Å². The van der Waals surface area contributed by atoms with Crippen LogP contribution in [0.15, 0.2) is 23.7 Å². The summed E-state index contributed by atoms with van der Waals surface area (Å²) in [6, 6.07) is 5.54. The highest BCUT2D eigenvalue weighted by molar-refractivity contribution is 7.09. The van der Waals surface area contributed by atoms with E-state index in [1.54, 1.807) is 0 Å². The molecule has 0 saturated carbocycles. The van der Waals surface area contributed by atoms with Gasteiger partial charge in [-0.15, -0.1) is 11.3 Å². The summed E-state index contributed by atoms with van der Waals surface area (Å²) < 4.78 is 32.1. The second-order valence-electron chi connectivity index (χ2n) is 6.56. The number of pyridine rings is 1.